The van der Waals surface area contributed by atoms with Crippen LogP contribution in [0.2, 0.25) is 0 Å². The Bertz CT molecular complexity index is 429. The summed E-state index contributed by atoms with van der Waals surface area (Å²) in [7, 11) is 1.92. The van der Waals surface area contributed by atoms with Crippen LogP contribution < -0.4 is 0 Å². The third-order valence-corrected chi connectivity index (χ3v) is 1.92. The molecule has 1 aromatic carbocycles. The number of rotatable bonds is 2. The van der Waals surface area contributed by atoms with Gasteiger partial charge in [0.05, 0.1) is 0 Å². The molecule has 0 atom stereocenters. The van der Waals surface area contributed by atoms with E-state index in [9.17, 15) is 0 Å². The first kappa shape index (κ1) is 8.69. The van der Waals surface area contributed by atoms with Gasteiger partial charge in [-0.1, -0.05) is 30.3 Å². The maximum absolute atomic E-state index is 4.26. The van der Waals surface area contributed by atoms with E-state index >= 15 is 0 Å². The molecular weight excluding hydrogens is 174 g/mol. The van der Waals surface area contributed by atoms with Gasteiger partial charge in [-0.05, 0) is 5.56 Å². The van der Waals surface area contributed by atoms with Gasteiger partial charge in [0.15, 0.2) is 0 Å². The Morgan fingerprint density at radius 2 is 2.07 bits per heavy atom. The largest absolute Gasteiger partial charge is 0.319 e. The maximum atomic E-state index is 4.26. The molecule has 0 aliphatic carbocycles. The highest BCUT2D eigenvalue weighted by Gasteiger charge is 1.92. The normalized spacial score (nSPS) is 10.9. The fourth-order valence-corrected chi connectivity index (χ4v) is 1.15. The van der Waals surface area contributed by atoms with Crippen LogP contribution in [0.3, 0.4) is 0 Å². The highest BCUT2D eigenvalue weighted by molar-refractivity contribution is 5.80. The van der Waals surface area contributed by atoms with E-state index in [1.165, 1.54) is 0 Å². The highest BCUT2D eigenvalue weighted by Crippen LogP contribution is 2.05. The Hall–Kier alpha value is -1.90. The van der Waals surface area contributed by atoms with E-state index in [1.807, 2.05) is 54.4 Å². The monoisotopic (exact) mass is 185 g/mol. The molecule has 70 valence electrons. The van der Waals surface area contributed by atoms with Crippen molar-refractivity contribution in [2.45, 2.75) is 0 Å². The summed E-state index contributed by atoms with van der Waals surface area (Å²) in [5.74, 6) is 0.717. The van der Waals surface area contributed by atoms with Crippen molar-refractivity contribution in [3.05, 3.63) is 48.3 Å². The lowest BCUT2D eigenvalue weighted by Gasteiger charge is -1.93. The van der Waals surface area contributed by atoms with E-state index in [2.05, 4.69) is 9.98 Å². The van der Waals surface area contributed by atoms with Gasteiger partial charge in [0.2, 0.25) is 5.95 Å². The second-order valence-electron chi connectivity index (χ2n) is 3.01. The Labute approximate surface area is 82.8 Å². The predicted octanol–water partition coefficient (Wildman–Crippen LogP) is 2.17. The number of hydrogen-bond donors (Lipinski definition) is 0. The average Bonchev–Trinajstić information content (AvgIpc) is 2.63. The third-order valence-electron chi connectivity index (χ3n) is 1.92. The van der Waals surface area contributed by atoms with Gasteiger partial charge in [-0.25, -0.2) is 9.98 Å². The second kappa shape index (κ2) is 3.87. The van der Waals surface area contributed by atoms with Crippen LogP contribution >= 0.6 is 0 Å². The van der Waals surface area contributed by atoms with Crippen LogP contribution in [0.1, 0.15) is 5.56 Å². The SMILES string of the molecule is Cn1ccnc1N=Cc1ccccc1. The van der Waals surface area contributed by atoms with Gasteiger partial charge in [0.1, 0.15) is 0 Å². The van der Waals surface area contributed by atoms with Crippen molar-refractivity contribution in [1.82, 2.24) is 9.55 Å². The van der Waals surface area contributed by atoms with Gasteiger partial charge in [0, 0.05) is 25.7 Å². The molecular formula is C11H11N3. The number of aromatic nitrogens is 2. The topological polar surface area (TPSA) is 30.2 Å². The Morgan fingerprint density at radius 1 is 1.29 bits per heavy atom. The summed E-state index contributed by atoms with van der Waals surface area (Å²) in [6.07, 6.45) is 5.41. The molecule has 0 unspecified atom stereocenters. The number of aliphatic imine (C=N–C) groups is 1. The van der Waals surface area contributed by atoms with Crippen LogP contribution in [0.15, 0.2) is 47.7 Å². The molecule has 0 bridgehead atoms. The standard InChI is InChI=1S/C11H11N3/c1-14-8-7-12-11(14)13-9-10-5-3-2-4-6-10/h2-9H,1H3. The van der Waals surface area contributed by atoms with E-state index in [0.717, 1.165) is 5.56 Å². The molecule has 2 rings (SSSR count). The third kappa shape index (κ3) is 1.88. The second-order valence-corrected chi connectivity index (χ2v) is 3.01. The summed E-state index contributed by atoms with van der Waals surface area (Å²) < 4.78 is 1.87. The van der Waals surface area contributed by atoms with Gasteiger partial charge in [-0.15, -0.1) is 0 Å². The van der Waals surface area contributed by atoms with Crippen LogP contribution in [-0.2, 0) is 7.05 Å². The Kier molecular flexibility index (Phi) is 2.40. The zero-order chi connectivity index (χ0) is 9.80. The minimum absolute atomic E-state index is 0.717. The zero-order valence-electron chi connectivity index (χ0n) is 7.96. The van der Waals surface area contributed by atoms with Crippen molar-refractivity contribution in [3.8, 4) is 0 Å². The first-order valence-electron chi connectivity index (χ1n) is 4.43. The lowest BCUT2D eigenvalue weighted by atomic mass is 10.2. The molecule has 2 aromatic rings. The number of hydrogen-bond acceptors (Lipinski definition) is 2. The molecule has 0 radical (unpaired) electrons. The van der Waals surface area contributed by atoms with E-state index in [1.54, 1.807) is 6.20 Å². The molecule has 1 heterocycles. The molecule has 0 aliphatic heterocycles. The van der Waals surface area contributed by atoms with E-state index < -0.39 is 0 Å². The molecule has 0 N–H and O–H groups in total. The maximum Gasteiger partial charge on any atom is 0.229 e. The Morgan fingerprint density at radius 3 is 2.71 bits per heavy atom. The minimum atomic E-state index is 0.717. The summed E-state index contributed by atoms with van der Waals surface area (Å²) in [6.45, 7) is 0. The van der Waals surface area contributed by atoms with E-state index in [0.29, 0.717) is 5.95 Å². The van der Waals surface area contributed by atoms with Gasteiger partial charge in [-0.2, -0.15) is 0 Å². The molecule has 0 saturated heterocycles. The van der Waals surface area contributed by atoms with Crippen molar-refractivity contribution in [2.24, 2.45) is 12.0 Å². The van der Waals surface area contributed by atoms with Crippen molar-refractivity contribution < 1.29 is 0 Å². The summed E-state index contributed by atoms with van der Waals surface area (Å²) in [4.78, 5) is 8.36. The lowest BCUT2D eigenvalue weighted by molar-refractivity contribution is 0.912. The van der Waals surface area contributed by atoms with Crippen molar-refractivity contribution >= 4 is 12.2 Å². The first-order chi connectivity index (χ1) is 6.86. The minimum Gasteiger partial charge on any atom is -0.319 e. The van der Waals surface area contributed by atoms with Gasteiger partial charge < -0.3 is 4.57 Å². The number of aryl methyl sites for hydroxylation is 1. The average molecular weight is 185 g/mol. The summed E-state index contributed by atoms with van der Waals surface area (Å²) in [5, 5.41) is 0. The number of benzene rings is 1. The van der Waals surface area contributed by atoms with Crippen LogP contribution in [0.5, 0.6) is 0 Å². The molecule has 14 heavy (non-hydrogen) atoms. The first-order valence-corrected chi connectivity index (χ1v) is 4.43. The molecule has 0 fully saturated rings. The summed E-state index contributed by atoms with van der Waals surface area (Å²) in [6, 6.07) is 9.97. The van der Waals surface area contributed by atoms with Crippen LogP contribution in [0.25, 0.3) is 0 Å². The van der Waals surface area contributed by atoms with Gasteiger partial charge in [-0.3, -0.25) is 0 Å². The van der Waals surface area contributed by atoms with Crippen LogP contribution in [0.4, 0.5) is 5.95 Å². The molecule has 0 saturated carbocycles. The molecule has 3 nitrogen and oxygen atoms in total. The van der Waals surface area contributed by atoms with Gasteiger partial charge in [0.25, 0.3) is 0 Å². The zero-order valence-corrected chi connectivity index (χ0v) is 7.96. The predicted molar refractivity (Wildman–Crippen MR) is 56.9 cm³/mol. The van der Waals surface area contributed by atoms with E-state index in [-0.39, 0.29) is 0 Å². The van der Waals surface area contributed by atoms with Crippen LogP contribution in [-0.4, -0.2) is 15.8 Å². The Balaban J connectivity index is 2.20. The fourth-order valence-electron chi connectivity index (χ4n) is 1.15. The quantitative estimate of drug-likeness (QED) is 0.659. The summed E-state index contributed by atoms with van der Waals surface area (Å²) in [5.41, 5.74) is 1.08. The highest BCUT2D eigenvalue weighted by atomic mass is 15.1. The van der Waals surface area contributed by atoms with Crippen LogP contribution in [0, 0.1) is 0 Å². The molecule has 1 aromatic heterocycles. The molecule has 3 heteroatoms. The number of nitrogens with zero attached hydrogens (tertiary/aromatic N) is 3. The molecule has 0 aliphatic rings. The van der Waals surface area contributed by atoms with Gasteiger partial charge >= 0.3 is 0 Å². The molecule has 0 amide bonds. The smallest absolute Gasteiger partial charge is 0.229 e. The van der Waals surface area contributed by atoms with Crippen molar-refractivity contribution in [3.63, 3.8) is 0 Å². The molecule has 0 spiro atoms. The van der Waals surface area contributed by atoms with Crippen molar-refractivity contribution in [1.29, 1.82) is 0 Å². The summed E-state index contributed by atoms with van der Waals surface area (Å²) >= 11 is 0. The number of imidazole rings is 1. The lowest BCUT2D eigenvalue weighted by Crippen LogP contribution is -1.85. The van der Waals surface area contributed by atoms with E-state index in [4.69, 9.17) is 0 Å². The fraction of sp³-hybridized carbons (Fsp3) is 0.0909. The van der Waals surface area contributed by atoms with Crippen molar-refractivity contribution in [2.75, 3.05) is 0 Å².